The Kier molecular flexibility index (Phi) is 4.62. The van der Waals surface area contributed by atoms with Crippen LogP contribution in [0, 0.1) is 6.57 Å². The first-order valence-electron chi connectivity index (χ1n) is 13.1. The molecule has 0 aliphatic heterocycles. The van der Waals surface area contributed by atoms with Gasteiger partial charge < -0.3 is 4.42 Å². The number of benzene rings is 7. The van der Waals surface area contributed by atoms with Gasteiger partial charge >= 0.3 is 0 Å². The maximum Gasteiger partial charge on any atom is 0.187 e. The monoisotopic (exact) mass is 495 g/mol. The van der Waals surface area contributed by atoms with Crippen molar-refractivity contribution >= 4 is 59.9 Å². The Bertz CT molecular complexity index is 2280. The van der Waals surface area contributed by atoms with Crippen LogP contribution in [0.4, 0.5) is 5.69 Å². The van der Waals surface area contributed by atoms with Crippen LogP contribution >= 0.6 is 0 Å². The van der Waals surface area contributed by atoms with Gasteiger partial charge in [0.15, 0.2) is 5.69 Å². The Morgan fingerprint density at radius 2 is 1.10 bits per heavy atom. The summed E-state index contributed by atoms with van der Waals surface area (Å²) in [6.07, 6.45) is 0. The van der Waals surface area contributed by atoms with Gasteiger partial charge in [-0.05, 0) is 67.2 Å². The van der Waals surface area contributed by atoms with E-state index in [1.165, 1.54) is 32.3 Å². The Morgan fingerprint density at radius 1 is 0.487 bits per heavy atom. The van der Waals surface area contributed by atoms with Gasteiger partial charge in [-0.2, -0.15) is 0 Å². The predicted molar refractivity (Wildman–Crippen MR) is 163 cm³/mol. The summed E-state index contributed by atoms with van der Waals surface area (Å²) in [5.41, 5.74) is 6.96. The Labute approximate surface area is 225 Å². The molecule has 180 valence electrons. The van der Waals surface area contributed by atoms with E-state index in [4.69, 9.17) is 11.0 Å². The van der Waals surface area contributed by atoms with Crippen molar-refractivity contribution < 1.29 is 4.42 Å². The molecule has 0 saturated heterocycles. The summed E-state index contributed by atoms with van der Waals surface area (Å²) in [5, 5.41) is 9.43. The molecule has 8 rings (SSSR count). The first kappa shape index (κ1) is 21.7. The lowest BCUT2D eigenvalue weighted by Gasteiger charge is -2.13. The van der Waals surface area contributed by atoms with Gasteiger partial charge in [-0.15, -0.1) is 0 Å². The van der Waals surface area contributed by atoms with Gasteiger partial charge in [0.2, 0.25) is 0 Å². The van der Waals surface area contributed by atoms with Crippen LogP contribution < -0.4 is 0 Å². The minimum atomic E-state index is 0.649. The van der Waals surface area contributed by atoms with E-state index in [-0.39, 0.29) is 0 Å². The molecule has 1 aromatic heterocycles. The number of rotatable bonds is 2. The third-order valence-electron chi connectivity index (χ3n) is 7.85. The highest BCUT2D eigenvalue weighted by molar-refractivity contribution is 6.25. The molecule has 1 heterocycles. The molecule has 0 saturated carbocycles. The topological polar surface area (TPSA) is 17.5 Å². The van der Waals surface area contributed by atoms with Crippen molar-refractivity contribution in [2.45, 2.75) is 0 Å². The fourth-order valence-electron chi connectivity index (χ4n) is 6.01. The van der Waals surface area contributed by atoms with E-state index < -0.39 is 0 Å². The number of hydrogen-bond acceptors (Lipinski definition) is 1. The van der Waals surface area contributed by atoms with Crippen LogP contribution in [-0.4, -0.2) is 0 Å². The predicted octanol–water partition coefficient (Wildman–Crippen LogP) is 10.9. The minimum absolute atomic E-state index is 0.649. The maximum absolute atomic E-state index is 7.29. The summed E-state index contributed by atoms with van der Waals surface area (Å²) in [4.78, 5) is 3.55. The summed E-state index contributed by atoms with van der Waals surface area (Å²) >= 11 is 0. The summed E-state index contributed by atoms with van der Waals surface area (Å²) in [6, 6.07) is 44.6. The van der Waals surface area contributed by atoms with E-state index in [1.54, 1.807) is 0 Å². The van der Waals surface area contributed by atoms with Crippen LogP contribution in [0.15, 0.2) is 132 Å². The van der Waals surface area contributed by atoms with E-state index in [1.807, 2.05) is 24.3 Å². The quantitative estimate of drug-likeness (QED) is 0.218. The van der Waals surface area contributed by atoms with Crippen LogP contribution in [0.1, 0.15) is 0 Å². The second kappa shape index (κ2) is 8.31. The molecule has 0 spiro atoms. The van der Waals surface area contributed by atoms with Gasteiger partial charge in [0, 0.05) is 16.3 Å². The Balaban J connectivity index is 1.47. The maximum atomic E-state index is 7.29. The fraction of sp³-hybridized carbons (Fsp3) is 0. The molecule has 0 radical (unpaired) electrons. The fourth-order valence-corrected chi connectivity index (χ4v) is 6.01. The lowest BCUT2D eigenvalue weighted by Crippen LogP contribution is -1.87. The third kappa shape index (κ3) is 3.27. The molecule has 0 unspecified atom stereocenters. The lowest BCUT2D eigenvalue weighted by atomic mass is 9.90. The molecule has 7 aromatic carbocycles. The molecule has 0 N–H and O–H groups in total. The summed E-state index contributed by atoms with van der Waals surface area (Å²) in [5.74, 6) is 0. The summed E-state index contributed by atoms with van der Waals surface area (Å²) in [6.45, 7) is 7.29. The van der Waals surface area contributed by atoms with Gasteiger partial charge in [0.1, 0.15) is 11.2 Å². The SMILES string of the molecule is [C-]#[N+]c1ccc(-c2ccc(-c3cc4ccccc4c4c3oc3cc5ccccc5cc34)c3ccccc23)cc1. The molecule has 2 heteroatoms. The molecule has 2 nitrogen and oxygen atoms in total. The van der Waals surface area contributed by atoms with Crippen molar-refractivity contribution in [2.75, 3.05) is 0 Å². The first-order valence-corrected chi connectivity index (χ1v) is 13.1. The minimum Gasteiger partial charge on any atom is -0.455 e. The first-order chi connectivity index (χ1) is 19.3. The van der Waals surface area contributed by atoms with Crippen molar-refractivity contribution in [3.8, 4) is 22.3 Å². The average molecular weight is 496 g/mol. The normalized spacial score (nSPS) is 11.6. The molecule has 0 aliphatic carbocycles. The van der Waals surface area contributed by atoms with Gasteiger partial charge in [0.25, 0.3) is 0 Å². The number of furan rings is 1. The highest BCUT2D eigenvalue weighted by atomic mass is 16.3. The van der Waals surface area contributed by atoms with E-state index in [9.17, 15) is 0 Å². The molecule has 8 aromatic rings. The smallest absolute Gasteiger partial charge is 0.187 e. The second-order valence-corrected chi connectivity index (χ2v) is 10.0. The van der Waals surface area contributed by atoms with E-state index in [2.05, 4.69) is 108 Å². The standard InChI is InChI=1S/C37H21NO/c1-38-27-16-14-23(15-17-27)28-18-19-32(31-13-7-6-12-30(28)31)33-21-26-10-4-5-11-29(26)36-34-20-24-8-2-3-9-25(24)22-35(34)39-37(33)36/h2-22H. The molecule has 39 heavy (non-hydrogen) atoms. The zero-order chi connectivity index (χ0) is 25.9. The summed E-state index contributed by atoms with van der Waals surface area (Å²) < 4.78 is 6.72. The Morgan fingerprint density at radius 3 is 1.85 bits per heavy atom. The van der Waals surface area contributed by atoms with Crippen molar-refractivity contribution in [1.82, 2.24) is 0 Å². The molecular formula is C37H21NO. The second-order valence-electron chi connectivity index (χ2n) is 10.0. The number of hydrogen-bond donors (Lipinski definition) is 0. The van der Waals surface area contributed by atoms with Crippen LogP contribution in [-0.2, 0) is 0 Å². The molecular weight excluding hydrogens is 474 g/mol. The third-order valence-corrected chi connectivity index (χ3v) is 7.85. The molecule has 0 fully saturated rings. The van der Waals surface area contributed by atoms with E-state index in [0.717, 1.165) is 44.2 Å². The average Bonchev–Trinajstić information content (AvgIpc) is 3.37. The van der Waals surface area contributed by atoms with Crippen LogP contribution in [0.5, 0.6) is 0 Å². The zero-order valence-electron chi connectivity index (χ0n) is 21.0. The van der Waals surface area contributed by atoms with Gasteiger partial charge in [0.05, 0.1) is 6.57 Å². The highest BCUT2D eigenvalue weighted by Crippen LogP contribution is 2.44. The van der Waals surface area contributed by atoms with Gasteiger partial charge in [-0.1, -0.05) is 109 Å². The van der Waals surface area contributed by atoms with Gasteiger partial charge in [-0.3, -0.25) is 0 Å². The van der Waals surface area contributed by atoms with Crippen molar-refractivity contribution in [3.05, 3.63) is 139 Å². The Hall–Kier alpha value is -5.39. The van der Waals surface area contributed by atoms with Crippen LogP contribution in [0.25, 0.3) is 81.4 Å². The van der Waals surface area contributed by atoms with Gasteiger partial charge in [-0.25, -0.2) is 4.85 Å². The molecule has 0 aliphatic rings. The van der Waals surface area contributed by atoms with E-state index in [0.29, 0.717) is 5.69 Å². The lowest BCUT2D eigenvalue weighted by molar-refractivity contribution is 0.671. The van der Waals surface area contributed by atoms with Crippen LogP contribution in [0.2, 0.25) is 0 Å². The summed E-state index contributed by atoms with van der Waals surface area (Å²) in [7, 11) is 0. The highest BCUT2D eigenvalue weighted by Gasteiger charge is 2.19. The van der Waals surface area contributed by atoms with E-state index >= 15 is 0 Å². The van der Waals surface area contributed by atoms with Crippen LogP contribution in [0.3, 0.4) is 0 Å². The molecule has 0 atom stereocenters. The van der Waals surface area contributed by atoms with Crippen molar-refractivity contribution in [1.29, 1.82) is 0 Å². The number of nitrogens with zero attached hydrogens (tertiary/aromatic N) is 1. The van der Waals surface area contributed by atoms with Crippen molar-refractivity contribution in [3.63, 3.8) is 0 Å². The molecule has 0 bridgehead atoms. The molecule has 0 amide bonds. The van der Waals surface area contributed by atoms with Crippen molar-refractivity contribution in [2.24, 2.45) is 0 Å². The largest absolute Gasteiger partial charge is 0.455 e. The number of fused-ring (bicyclic) bond motifs is 7. The zero-order valence-corrected chi connectivity index (χ0v) is 21.0.